The summed E-state index contributed by atoms with van der Waals surface area (Å²) >= 11 is 0. The van der Waals surface area contributed by atoms with Crippen molar-refractivity contribution in [3.63, 3.8) is 0 Å². The normalized spacial score (nSPS) is 39.6. The molecule has 5 nitrogen and oxygen atoms in total. The first-order chi connectivity index (χ1) is 17.8. The van der Waals surface area contributed by atoms with Crippen LogP contribution in [0.25, 0.3) is 0 Å². The summed E-state index contributed by atoms with van der Waals surface area (Å²) in [4.78, 5) is 12.9. The lowest BCUT2D eigenvalue weighted by molar-refractivity contribution is -0.117. The van der Waals surface area contributed by atoms with E-state index >= 15 is 0 Å². The van der Waals surface area contributed by atoms with Crippen molar-refractivity contribution in [3.05, 3.63) is 60.3 Å². The second-order valence-electron chi connectivity index (χ2n) is 12.0. The van der Waals surface area contributed by atoms with Crippen molar-refractivity contribution in [2.45, 2.75) is 103 Å². The van der Waals surface area contributed by atoms with Gasteiger partial charge in [-0.1, -0.05) is 68.0 Å². The predicted octanol–water partition coefficient (Wildman–Crippen LogP) is 5.82. The van der Waals surface area contributed by atoms with Gasteiger partial charge in [0.05, 0.1) is 31.0 Å². The molecule has 0 aromatic rings. The van der Waals surface area contributed by atoms with Crippen LogP contribution in [0.5, 0.6) is 0 Å². The van der Waals surface area contributed by atoms with E-state index in [0.29, 0.717) is 37.2 Å². The largest absolute Gasteiger partial charge is 0.392 e. The number of ether oxygens (including phenoxy) is 2. The van der Waals surface area contributed by atoms with Gasteiger partial charge in [0.2, 0.25) is 5.91 Å². The number of aliphatic hydroxyl groups is 1. The number of carbonyl (C=O) groups is 1. The molecule has 1 aliphatic carbocycles. The molecular weight excluding hydrogens is 462 g/mol. The molecule has 1 amide bonds. The molecule has 1 fully saturated rings. The molecule has 37 heavy (non-hydrogen) atoms. The van der Waals surface area contributed by atoms with Crippen molar-refractivity contribution in [1.29, 1.82) is 0 Å². The monoisotopic (exact) mass is 509 g/mol. The second kappa shape index (κ2) is 13.2. The fraction of sp³-hybridized carbons (Fsp3) is 0.656. The third-order valence-corrected chi connectivity index (χ3v) is 8.44. The van der Waals surface area contributed by atoms with Gasteiger partial charge in [-0.3, -0.25) is 4.79 Å². The molecule has 2 bridgehead atoms. The first-order valence-corrected chi connectivity index (χ1v) is 14.4. The Kier molecular flexibility index (Phi) is 10.0. The molecular formula is C32H47NO4. The van der Waals surface area contributed by atoms with E-state index in [-0.39, 0.29) is 42.3 Å². The first kappa shape index (κ1) is 28.1. The van der Waals surface area contributed by atoms with Crippen molar-refractivity contribution in [1.82, 2.24) is 5.32 Å². The molecule has 0 spiro atoms. The van der Waals surface area contributed by atoms with Crippen molar-refractivity contribution in [3.8, 4) is 0 Å². The Hall–Kier alpha value is -1.95. The zero-order chi connectivity index (χ0) is 26.4. The Morgan fingerprint density at radius 2 is 2.00 bits per heavy atom. The molecule has 3 aliphatic heterocycles. The van der Waals surface area contributed by atoms with E-state index in [1.54, 1.807) is 6.08 Å². The summed E-state index contributed by atoms with van der Waals surface area (Å²) in [5.74, 6) is 1.29. The molecule has 204 valence electrons. The standard InChI is InChI=1S/C32H47NO4/c1-21-13-14-36-27(16-21)12-11-24(4)30-20-25-19-29(25)31(34)18-23(3)15-22(2)17-28-9-5-7-26(37-28)8-6-10-32(35)33-30/h5-7,10-13,22,24-31,34H,3,8-9,14-20H2,1-2,4H3,(H,33,35)/b10-6-,12-11+/t22-,24-,25+,26-,27+,28-,29+,30-,31-/m0/s1. The third kappa shape index (κ3) is 8.80. The highest BCUT2D eigenvalue weighted by atomic mass is 16.5. The van der Waals surface area contributed by atoms with Crippen LogP contribution in [0.4, 0.5) is 0 Å². The van der Waals surface area contributed by atoms with Crippen molar-refractivity contribution in [2.75, 3.05) is 6.61 Å². The number of hydrogen-bond acceptors (Lipinski definition) is 4. The van der Waals surface area contributed by atoms with Crippen LogP contribution in [0.3, 0.4) is 0 Å². The minimum atomic E-state index is -0.352. The molecule has 9 atom stereocenters. The van der Waals surface area contributed by atoms with Crippen LogP contribution in [-0.4, -0.2) is 48.1 Å². The van der Waals surface area contributed by atoms with Gasteiger partial charge in [0.15, 0.2) is 0 Å². The number of hydrogen-bond donors (Lipinski definition) is 2. The first-order valence-electron chi connectivity index (χ1n) is 14.4. The van der Waals surface area contributed by atoms with Gasteiger partial charge in [-0.05, 0) is 88.0 Å². The van der Waals surface area contributed by atoms with E-state index in [1.807, 2.05) is 6.08 Å². The predicted molar refractivity (Wildman–Crippen MR) is 149 cm³/mol. The summed E-state index contributed by atoms with van der Waals surface area (Å²) in [5.41, 5.74) is 2.49. The lowest BCUT2D eigenvalue weighted by Crippen LogP contribution is -2.39. The summed E-state index contributed by atoms with van der Waals surface area (Å²) in [6.07, 6.45) is 21.4. The molecule has 1 saturated carbocycles. The van der Waals surface area contributed by atoms with E-state index in [9.17, 15) is 9.90 Å². The van der Waals surface area contributed by atoms with Gasteiger partial charge in [-0.15, -0.1) is 0 Å². The van der Waals surface area contributed by atoms with Gasteiger partial charge < -0.3 is 19.9 Å². The maximum absolute atomic E-state index is 12.9. The highest BCUT2D eigenvalue weighted by Gasteiger charge is 2.44. The highest BCUT2D eigenvalue weighted by Crippen LogP contribution is 2.47. The molecule has 4 aliphatic rings. The Labute approximate surface area is 223 Å². The molecule has 0 aromatic heterocycles. The third-order valence-electron chi connectivity index (χ3n) is 8.44. The summed E-state index contributed by atoms with van der Waals surface area (Å²) < 4.78 is 12.2. The maximum Gasteiger partial charge on any atom is 0.243 e. The van der Waals surface area contributed by atoms with Gasteiger partial charge in [-0.2, -0.15) is 0 Å². The fourth-order valence-electron chi connectivity index (χ4n) is 6.19. The highest BCUT2D eigenvalue weighted by molar-refractivity contribution is 5.87. The van der Waals surface area contributed by atoms with Crippen LogP contribution in [-0.2, 0) is 14.3 Å². The molecule has 0 saturated heterocycles. The second-order valence-corrected chi connectivity index (χ2v) is 12.0. The summed E-state index contributed by atoms with van der Waals surface area (Å²) in [6.45, 7) is 11.5. The van der Waals surface area contributed by atoms with Crippen molar-refractivity contribution < 1.29 is 19.4 Å². The number of rotatable bonds is 3. The smallest absolute Gasteiger partial charge is 0.243 e. The molecule has 4 rings (SSSR count). The van der Waals surface area contributed by atoms with E-state index in [4.69, 9.17) is 9.47 Å². The minimum Gasteiger partial charge on any atom is -0.392 e. The Morgan fingerprint density at radius 3 is 2.81 bits per heavy atom. The number of aliphatic hydroxyl groups excluding tert-OH is 1. The van der Waals surface area contributed by atoms with Gasteiger partial charge in [-0.25, -0.2) is 0 Å². The summed E-state index contributed by atoms with van der Waals surface area (Å²) in [7, 11) is 0. The number of fused-ring (bicyclic) bond motifs is 3. The lowest BCUT2D eigenvalue weighted by Gasteiger charge is -2.28. The summed E-state index contributed by atoms with van der Waals surface area (Å²) in [5, 5.41) is 14.2. The van der Waals surface area contributed by atoms with Crippen molar-refractivity contribution in [2.24, 2.45) is 23.7 Å². The Bertz CT molecular complexity index is 918. The van der Waals surface area contributed by atoms with Crippen LogP contribution in [0, 0.1) is 23.7 Å². The Morgan fingerprint density at radius 1 is 1.16 bits per heavy atom. The zero-order valence-corrected chi connectivity index (χ0v) is 23.0. The molecule has 3 heterocycles. The van der Waals surface area contributed by atoms with Gasteiger partial charge >= 0.3 is 0 Å². The fourth-order valence-corrected chi connectivity index (χ4v) is 6.19. The quantitative estimate of drug-likeness (QED) is 0.470. The van der Waals surface area contributed by atoms with Crippen molar-refractivity contribution >= 4 is 5.91 Å². The van der Waals surface area contributed by atoms with Crippen LogP contribution >= 0.6 is 0 Å². The SMILES string of the molecule is C=C1C[C@H](C)C[C@@H]2CC=C[C@@H](C/C=C\C(=O)N[C@H]([C@@H](C)/C=C/[C@@H]3CC(C)=CCO3)C[C@H]3C[C@H]3[C@@H](O)C1)O2. The number of nitrogens with one attached hydrogen (secondary N) is 1. The topological polar surface area (TPSA) is 67.8 Å². The number of carbonyl (C=O) groups excluding carboxylic acids is 1. The number of amides is 1. The van der Waals surface area contributed by atoms with E-state index in [2.05, 4.69) is 63.0 Å². The lowest BCUT2D eigenvalue weighted by atomic mass is 9.90. The summed E-state index contributed by atoms with van der Waals surface area (Å²) in [6, 6.07) is 0.00754. The van der Waals surface area contributed by atoms with Gasteiger partial charge in [0, 0.05) is 6.04 Å². The zero-order valence-electron chi connectivity index (χ0n) is 23.0. The minimum absolute atomic E-state index is 0.00754. The van der Waals surface area contributed by atoms with E-state index < -0.39 is 0 Å². The Balaban J connectivity index is 1.44. The molecule has 5 heteroatoms. The van der Waals surface area contributed by atoms with Gasteiger partial charge in [0.25, 0.3) is 0 Å². The van der Waals surface area contributed by atoms with E-state index in [0.717, 1.165) is 44.1 Å². The molecule has 0 unspecified atom stereocenters. The maximum atomic E-state index is 12.9. The molecule has 2 N–H and O–H groups in total. The van der Waals surface area contributed by atoms with E-state index in [1.165, 1.54) is 5.57 Å². The van der Waals surface area contributed by atoms with Gasteiger partial charge in [0.1, 0.15) is 0 Å². The van der Waals surface area contributed by atoms with Crippen LogP contribution in [0.2, 0.25) is 0 Å². The van der Waals surface area contributed by atoms with Crippen LogP contribution in [0.1, 0.15) is 72.1 Å². The molecule has 0 aromatic carbocycles. The molecule has 0 radical (unpaired) electrons. The average molecular weight is 510 g/mol. The van der Waals surface area contributed by atoms with Crippen LogP contribution in [0.15, 0.2) is 60.3 Å². The average Bonchev–Trinajstić information content (AvgIpc) is 3.61. The van der Waals surface area contributed by atoms with Crippen LogP contribution < -0.4 is 5.32 Å².